The minimum absolute atomic E-state index is 0. The number of carboxylic acid groups (broad SMARTS) is 1. The van der Waals surface area contributed by atoms with Crippen LogP contribution in [0.25, 0.3) is 0 Å². The van der Waals surface area contributed by atoms with E-state index in [9.17, 15) is 9.90 Å². The maximum atomic E-state index is 10.3. The zero-order valence-corrected chi connectivity index (χ0v) is 13.1. The first kappa shape index (κ1) is 14.7. The van der Waals surface area contributed by atoms with Crippen molar-refractivity contribution in [3.63, 3.8) is 0 Å². The number of carbonyl (C=O) groups excluding carboxylic acids is 1. The molecule has 0 spiro atoms. The first-order valence-electron chi connectivity index (χ1n) is 5.92. The van der Waals surface area contributed by atoms with Gasteiger partial charge in [-0.3, -0.25) is 0 Å². The first-order valence-corrected chi connectivity index (χ1v) is 5.92. The fraction of sp³-hybridized carbons (Fsp3) is 0.750. The van der Waals surface area contributed by atoms with Crippen LogP contribution in [0.5, 0.6) is 0 Å². The number of carbonyl (C=O) groups is 1. The Morgan fingerprint density at radius 3 is 2.94 bits per heavy atom. The molecule has 1 aliphatic heterocycles. The molecule has 0 amide bonds. The molecule has 84 valence electrons. The van der Waals surface area contributed by atoms with Crippen LogP contribution >= 0.6 is 0 Å². The number of hydrogen-bond donors (Lipinski definition) is 1. The molecule has 2 aliphatic rings. The van der Waals surface area contributed by atoms with Gasteiger partial charge in [0.15, 0.2) is 0 Å². The third-order valence-electron chi connectivity index (χ3n) is 3.57. The van der Waals surface area contributed by atoms with E-state index in [1.165, 1.54) is 31.3 Å². The summed E-state index contributed by atoms with van der Waals surface area (Å²) in [6.45, 7) is 0. The minimum Gasteiger partial charge on any atom is -0.550 e. The Hall–Kier alpha value is 0.646. The second-order valence-corrected chi connectivity index (χ2v) is 4.61. The first-order chi connectivity index (χ1) is 7.27. The van der Waals surface area contributed by atoms with Gasteiger partial charge in [0.25, 0.3) is 0 Å². The van der Waals surface area contributed by atoms with Crippen molar-refractivity contribution in [3.05, 3.63) is 11.8 Å². The normalized spacial score (nSPS) is 27.4. The van der Waals surface area contributed by atoms with Gasteiger partial charge in [0.1, 0.15) is 0 Å². The van der Waals surface area contributed by atoms with Crippen molar-refractivity contribution in [3.8, 4) is 0 Å². The van der Waals surface area contributed by atoms with E-state index in [0.29, 0.717) is 12.0 Å². The summed E-state index contributed by atoms with van der Waals surface area (Å²) in [5.74, 6) is -0.248. The summed E-state index contributed by atoms with van der Waals surface area (Å²) in [7, 11) is 0. The van der Waals surface area contributed by atoms with Gasteiger partial charge < -0.3 is 15.2 Å². The predicted molar refractivity (Wildman–Crippen MR) is 55.8 cm³/mol. The van der Waals surface area contributed by atoms with E-state index in [4.69, 9.17) is 0 Å². The Bertz CT molecular complexity index is 278. The molecule has 0 saturated heterocycles. The minimum atomic E-state index is -0.929. The summed E-state index contributed by atoms with van der Waals surface area (Å²) in [5.41, 5.74) is 1.43. The van der Waals surface area contributed by atoms with Crippen LogP contribution in [-0.4, -0.2) is 12.0 Å². The van der Waals surface area contributed by atoms with E-state index in [-0.39, 0.29) is 57.8 Å². The monoisotopic (exact) mass is 247 g/mol. The average Bonchev–Trinajstić information content (AvgIpc) is 2.62. The zero-order chi connectivity index (χ0) is 10.7. The van der Waals surface area contributed by atoms with Gasteiger partial charge in [0.05, 0.1) is 0 Å². The van der Waals surface area contributed by atoms with E-state index in [1.807, 2.05) is 0 Å². The maximum Gasteiger partial charge on any atom is 1.00 e. The summed E-state index contributed by atoms with van der Waals surface area (Å²) < 4.78 is 0. The Morgan fingerprint density at radius 1 is 1.44 bits per heavy atom. The van der Waals surface area contributed by atoms with Crippen molar-refractivity contribution in [2.24, 2.45) is 5.92 Å². The Kier molecular flexibility index (Phi) is 6.58. The van der Waals surface area contributed by atoms with Gasteiger partial charge in [-0.05, 0) is 43.9 Å². The van der Waals surface area contributed by atoms with Gasteiger partial charge in [-0.2, -0.15) is 0 Å². The van der Waals surface area contributed by atoms with Gasteiger partial charge in [-0.1, -0.05) is 12.8 Å². The Morgan fingerprint density at radius 2 is 2.19 bits per heavy atom. The van der Waals surface area contributed by atoms with E-state index in [0.717, 1.165) is 12.8 Å². The molecule has 1 heterocycles. The predicted octanol–water partition coefficient (Wildman–Crippen LogP) is -2.04. The molecule has 0 aromatic carbocycles. The van der Waals surface area contributed by atoms with Crippen molar-refractivity contribution in [2.75, 3.05) is 0 Å². The Labute approximate surface area is 139 Å². The van der Waals surface area contributed by atoms with Crippen LogP contribution < -0.4 is 61.8 Å². The van der Waals surface area contributed by atoms with Crippen LogP contribution in [-0.2, 0) is 4.79 Å². The molecule has 1 fully saturated rings. The van der Waals surface area contributed by atoms with E-state index >= 15 is 0 Å². The van der Waals surface area contributed by atoms with Gasteiger partial charge in [0.2, 0.25) is 0 Å². The fourth-order valence-corrected chi connectivity index (χ4v) is 2.79. The summed E-state index contributed by atoms with van der Waals surface area (Å²) in [6, 6.07) is 0.636. The van der Waals surface area contributed by atoms with Crippen LogP contribution in [0.15, 0.2) is 11.8 Å². The molecule has 1 aliphatic carbocycles. The number of hydrogen-bond acceptors (Lipinski definition) is 3. The molecule has 0 radical (unpaired) electrons. The second kappa shape index (κ2) is 7.16. The van der Waals surface area contributed by atoms with Crippen molar-refractivity contribution in [1.82, 2.24) is 5.32 Å². The smallest absolute Gasteiger partial charge is 0.550 e. The number of carboxylic acids is 1. The average molecular weight is 247 g/mol. The van der Waals surface area contributed by atoms with Crippen LogP contribution in [0.1, 0.15) is 44.9 Å². The fourth-order valence-electron chi connectivity index (χ4n) is 2.79. The summed E-state index contributed by atoms with van der Waals surface area (Å²) in [6.07, 6.45) is 9.14. The van der Waals surface area contributed by atoms with Crippen molar-refractivity contribution in [1.29, 1.82) is 0 Å². The van der Waals surface area contributed by atoms with Gasteiger partial charge in [-0.25, -0.2) is 0 Å². The van der Waals surface area contributed by atoms with Gasteiger partial charge >= 0.3 is 51.4 Å². The SMILES string of the molecule is O=C([O-])CCCC1=CNC2CCCCC12.[K+]. The van der Waals surface area contributed by atoms with Crippen LogP contribution in [0, 0.1) is 5.92 Å². The second-order valence-electron chi connectivity index (χ2n) is 4.61. The quantitative estimate of drug-likeness (QED) is 0.582. The number of aliphatic carboxylic acids is 1. The maximum absolute atomic E-state index is 10.3. The molecular formula is C12H18KNO2. The largest absolute Gasteiger partial charge is 1.00 e. The molecule has 1 saturated carbocycles. The number of fused-ring (bicyclic) bond motifs is 1. The zero-order valence-electron chi connectivity index (χ0n) is 10.00. The summed E-state index contributed by atoms with van der Waals surface area (Å²) >= 11 is 0. The van der Waals surface area contributed by atoms with Crippen molar-refractivity contribution in [2.45, 2.75) is 51.0 Å². The van der Waals surface area contributed by atoms with Crippen molar-refractivity contribution < 1.29 is 61.3 Å². The van der Waals surface area contributed by atoms with Crippen LogP contribution in [0.4, 0.5) is 0 Å². The molecule has 3 nitrogen and oxygen atoms in total. The van der Waals surface area contributed by atoms with Crippen LogP contribution in [0.2, 0.25) is 0 Å². The molecule has 2 atom stereocenters. The van der Waals surface area contributed by atoms with Crippen molar-refractivity contribution >= 4 is 5.97 Å². The molecule has 0 aromatic heterocycles. The molecule has 2 rings (SSSR count). The topological polar surface area (TPSA) is 52.2 Å². The third-order valence-corrected chi connectivity index (χ3v) is 3.57. The Balaban J connectivity index is 0.00000128. The van der Waals surface area contributed by atoms with E-state index < -0.39 is 5.97 Å². The van der Waals surface area contributed by atoms with E-state index in [2.05, 4.69) is 11.5 Å². The van der Waals surface area contributed by atoms with Gasteiger partial charge in [0, 0.05) is 17.9 Å². The van der Waals surface area contributed by atoms with Gasteiger partial charge in [-0.15, -0.1) is 0 Å². The number of nitrogens with one attached hydrogen (secondary N) is 1. The summed E-state index contributed by atoms with van der Waals surface area (Å²) in [5, 5.41) is 13.7. The van der Waals surface area contributed by atoms with Crippen LogP contribution in [0.3, 0.4) is 0 Å². The molecule has 1 N–H and O–H groups in total. The standard InChI is InChI=1S/C12H19NO2.K/c14-12(15)7-3-4-9-8-13-11-6-2-1-5-10(9)11;/h8,10-11,13H,1-7H2,(H,14,15);/q;+1/p-1. The van der Waals surface area contributed by atoms with E-state index in [1.54, 1.807) is 0 Å². The molecule has 0 aromatic rings. The number of rotatable bonds is 4. The summed E-state index contributed by atoms with van der Waals surface area (Å²) in [4.78, 5) is 10.3. The third kappa shape index (κ3) is 3.84. The molecular weight excluding hydrogens is 229 g/mol. The molecule has 4 heteroatoms. The molecule has 2 unspecified atom stereocenters. The molecule has 0 bridgehead atoms. The molecule has 16 heavy (non-hydrogen) atoms.